The average Bonchev–Trinajstić information content (AvgIpc) is 2.38. The second kappa shape index (κ2) is 4.61. The maximum Gasteiger partial charge on any atom is 0.338 e. The van der Waals surface area contributed by atoms with Gasteiger partial charge in [-0.3, -0.25) is 0 Å². The zero-order valence-electron chi connectivity index (χ0n) is 9.12. The summed E-state index contributed by atoms with van der Waals surface area (Å²) in [5, 5.41) is 16.7. The van der Waals surface area contributed by atoms with Gasteiger partial charge in [-0.1, -0.05) is 12.1 Å². The van der Waals surface area contributed by atoms with Gasteiger partial charge in [-0.05, 0) is 18.2 Å². The molecule has 86 valence electrons. The van der Waals surface area contributed by atoms with E-state index in [1.807, 2.05) is 0 Å². The molecule has 0 saturated carbocycles. The molecule has 0 bridgehead atoms. The Hall–Kier alpha value is -2.43. The summed E-state index contributed by atoms with van der Waals surface area (Å²) in [7, 11) is 1.52. The zero-order valence-corrected chi connectivity index (χ0v) is 9.12. The van der Waals surface area contributed by atoms with Gasteiger partial charge in [0.2, 0.25) is 0 Å². The first kappa shape index (κ1) is 11.1. The minimum Gasteiger partial charge on any atom is -0.496 e. The number of benzene rings is 1. The molecule has 2 rings (SSSR count). The molecule has 0 amide bonds. The van der Waals surface area contributed by atoms with Crippen LogP contribution in [0.2, 0.25) is 0 Å². The lowest BCUT2D eigenvalue weighted by Gasteiger charge is -2.08. The first-order chi connectivity index (χ1) is 8.24. The summed E-state index contributed by atoms with van der Waals surface area (Å²) < 4.78 is 5.17. The van der Waals surface area contributed by atoms with Gasteiger partial charge in [0.05, 0.1) is 18.9 Å². The molecule has 17 heavy (non-hydrogen) atoms. The van der Waals surface area contributed by atoms with Crippen LogP contribution in [0.25, 0.3) is 11.3 Å². The number of ether oxygens (including phenoxy) is 1. The van der Waals surface area contributed by atoms with Crippen LogP contribution in [0.1, 0.15) is 10.4 Å². The molecular formula is C12H10N2O3. The Balaban J connectivity index is 2.64. The number of methoxy groups -OCH3 is 1. The van der Waals surface area contributed by atoms with Crippen molar-refractivity contribution >= 4 is 5.97 Å². The number of para-hydroxylation sites is 1. The van der Waals surface area contributed by atoms with Gasteiger partial charge in [-0.25, -0.2) is 4.79 Å². The summed E-state index contributed by atoms with van der Waals surface area (Å²) in [5.74, 6) is -0.476. The quantitative estimate of drug-likeness (QED) is 0.871. The number of hydrogen-bond donors (Lipinski definition) is 1. The van der Waals surface area contributed by atoms with Crippen molar-refractivity contribution in [2.75, 3.05) is 7.11 Å². The van der Waals surface area contributed by atoms with E-state index in [1.165, 1.54) is 19.4 Å². The van der Waals surface area contributed by atoms with Gasteiger partial charge < -0.3 is 9.84 Å². The Morgan fingerprint density at radius 2 is 2.06 bits per heavy atom. The van der Waals surface area contributed by atoms with E-state index >= 15 is 0 Å². The van der Waals surface area contributed by atoms with Gasteiger partial charge in [0.1, 0.15) is 11.4 Å². The lowest BCUT2D eigenvalue weighted by Crippen LogP contribution is -2.03. The van der Waals surface area contributed by atoms with Crippen LogP contribution in [-0.2, 0) is 0 Å². The molecule has 0 radical (unpaired) electrons. The fraction of sp³-hybridized carbons (Fsp3) is 0.0833. The van der Waals surface area contributed by atoms with E-state index in [0.29, 0.717) is 17.0 Å². The minimum absolute atomic E-state index is 0.101. The van der Waals surface area contributed by atoms with Gasteiger partial charge >= 0.3 is 5.97 Å². The molecule has 1 aromatic carbocycles. The Kier molecular flexibility index (Phi) is 3.00. The number of nitrogens with zero attached hydrogens (tertiary/aromatic N) is 2. The third kappa shape index (κ3) is 2.08. The predicted octanol–water partition coefficient (Wildman–Crippen LogP) is 1.85. The van der Waals surface area contributed by atoms with E-state index in [0.717, 1.165) is 0 Å². The van der Waals surface area contributed by atoms with E-state index < -0.39 is 5.97 Å². The van der Waals surface area contributed by atoms with Crippen LogP contribution in [0.3, 0.4) is 0 Å². The molecule has 0 aliphatic rings. The van der Waals surface area contributed by atoms with Crippen molar-refractivity contribution < 1.29 is 14.6 Å². The highest BCUT2D eigenvalue weighted by molar-refractivity contribution is 5.95. The second-order valence-electron chi connectivity index (χ2n) is 3.30. The Labute approximate surface area is 97.7 Å². The lowest BCUT2D eigenvalue weighted by atomic mass is 10.1. The molecule has 5 nitrogen and oxygen atoms in total. The molecule has 5 heteroatoms. The van der Waals surface area contributed by atoms with Crippen molar-refractivity contribution in [2.24, 2.45) is 0 Å². The van der Waals surface area contributed by atoms with Crippen LogP contribution < -0.4 is 4.74 Å². The molecular weight excluding hydrogens is 220 g/mol. The summed E-state index contributed by atoms with van der Waals surface area (Å²) in [4.78, 5) is 11.1. The average molecular weight is 230 g/mol. The number of carboxylic acid groups (broad SMARTS) is 1. The number of carboxylic acids is 1. The van der Waals surface area contributed by atoms with Crippen LogP contribution in [-0.4, -0.2) is 28.4 Å². The van der Waals surface area contributed by atoms with E-state index in [9.17, 15) is 4.79 Å². The summed E-state index contributed by atoms with van der Waals surface area (Å²) in [6.07, 6.45) is 1.35. The van der Waals surface area contributed by atoms with Crippen LogP contribution in [0, 0.1) is 0 Å². The van der Waals surface area contributed by atoms with Crippen molar-refractivity contribution in [3.8, 4) is 17.0 Å². The van der Waals surface area contributed by atoms with Crippen molar-refractivity contribution in [3.63, 3.8) is 0 Å². The maximum absolute atomic E-state index is 11.1. The molecule has 1 aromatic heterocycles. The van der Waals surface area contributed by atoms with Crippen LogP contribution in [0.5, 0.6) is 5.75 Å². The van der Waals surface area contributed by atoms with Crippen molar-refractivity contribution in [3.05, 3.63) is 42.1 Å². The molecule has 0 atom stereocenters. The van der Waals surface area contributed by atoms with Gasteiger partial charge in [0, 0.05) is 5.56 Å². The molecule has 0 aliphatic carbocycles. The van der Waals surface area contributed by atoms with E-state index in [2.05, 4.69) is 10.2 Å². The lowest BCUT2D eigenvalue weighted by molar-refractivity contribution is 0.0697. The fourth-order valence-corrected chi connectivity index (χ4v) is 1.54. The van der Waals surface area contributed by atoms with Gasteiger partial charge in [-0.2, -0.15) is 5.10 Å². The Bertz CT molecular complexity index is 555. The molecule has 0 unspecified atom stereocenters. The van der Waals surface area contributed by atoms with Crippen LogP contribution in [0.4, 0.5) is 0 Å². The van der Waals surface area contributed by atoms with E-state index in [4.69, 9.17) is 9.84 Å². The normalized spacial score (nSPS) is 9.94. The monoisotopic (exact) mass is 230 g/mol. The number of hydrogen-bond acceptors (Lipinski definition) is 4. The maximum atomic E-state index is 11.1. The highest BCUT2D eigenvalue weighted by Gasteiger charge is 2.16. The number of aromatic carboxylic acids is 1. The van der Waals surface area contributed by atoms with Crippen LogP contribution >= 0.6 is 0 Å². The smallest absolute Gasteiger partial charge is 0.338 e. The number of aromatic nitrogens is 2. The Morgan fingerprint density at radius 3 is 2.76 bits per heavy atom. The first-order valence-corrected chi connectivity index (χ1v) is 4.92. The molecule has 2 aromatic rings. The summed E-state index contributed by atoms with van der Waals surface area (Å²) >= 11 is 0. The largest absolute Gasteiger partial charge is 0.496 e. The molecule has 1 heterocycles. The van der Waals surface area contributed by atoms with Crippen LogP contribution in [0.15, 0.2) is 36.5 Å². The van der Waals surface area contributed by atoms with Crippen molar-refractivity contribution in [1.82, 2.24) is 10.2 Å². The van der Waals surface area contributed by atoms with Gasteiger partial charge in [0.15, 0.2) is 0 Å². The van der Waals surface area contributed by atoms with Gasteiger partial charge in [-0.15, -0.1) is 5.10 Å². The molecule has 0 aliphatic heterocycles. The Morgan fingerprint density at radius 1 is 1.29 bits per heavy atom. The van der Waals surface area contributed by atoms with Crippen molar-refractivity contribution in [1.29, 1.82) is 0 Å². The topological polar surface area (TPSA) is 72.3 Å². The third-order valence-corrected chi connectivity index (χ3v) is 2.31. The zero-order chi connectivity index (χ0) is 12.3. The number of rotatable bonds is 3. The van der Waals surface area contributed by atoms with Gasteiger partial charge in [0.25, 0.3) is 0 Å². The minimum atomic E-state index is -1.04. The standard InChI is InChI=1S/C12H10N2O3/c1-17-10-5-3-2-4-8(10)11-9(12(15)16)6-7-13-14-11/h2-7H,1H3,(H,15,16). The molecule has 0 spiro atoms. The van der Waals surface area contributed by atoms with E-state index in [1.54, 1.807) is 24.3 Å². The second-order valence-corrected chi connectivity index (χ2v) is 3.30. The highest BCUT2D eigenvalue weighted by Crippen LogP contribution is 2.29. The number of carbonyl (C=O) groups is 1. The fourth-order valence-electron chi connectivity index (χ4n) is 1.54. The summed E-state index contributed by atoms with van der Waals surface area (Å²) in [6.45, 7) is 0. The molecule has 0 fully saturated rings. The summed E-state index contributed by atoms with van der Waals surface area (Å²) in [6, 6.07) is 8.50. The predicted molar refractivity (Wildman–Crippen MR) is 61.0 cm³/mol. The molecule has 0 saturated heterocycles. The highest BCUT2D eigenvalue weighted by atomic mass is 16.5. The SMILES string of the molecule is COc1ccccc1-c1nnccc1C(=O)O. The van der Waals surface area contributed by atoms with Crippen molar-refractivity contribution in [2.45, 2.75) is 0 Å². The summed E-state index contributed by atoms with van der Waals surface area (Å²) in [5.41, 5.74) is 1.02. The molecule has 1 N–H and O–H groups in total. The third-order valence-electron chi connectivity index (χ3n) is 2.31. The van der Waals surface area contributed by atoms with E-state index in [-0.39, 0.29) is 5.56 Å². The first-order valence-electron chi connectivity index (χ1n) is 4.92.